The van der Waals surface area contributed by atoms with Gasteiger partial charge in [0.05, 0.1) is 18.1 Å². The highest BCUT2D eigenvalue weighted by molar-refractivity contribution is 6.07. The summed E-state index contributed by atoms with van der Waals surface area (Å²) in [4.78, 5) is 44.2. The van der Waals surface area contributed by atoms with Crippen molar-refractivity contribution in [3.8, 4) is 0 Å². The van der Waals surface area contributed by atoms with Gasteiger partial charge in [0.1, 0.15) is 6.04 Å². The molecule has 2 N–H and O–H groups in total. The van der Waals surface area contributed by atoms with Crippen LogP contribution in [-0.4, -0.2) is 72.3 Å². The number of nitrogens with one attached hydrogen (secondary N) is 2. The second-order valence-corrected chi connectivity index (χ2v) is 11.5. The third-order valence-corrected chi connectivity index (χ3v) is 8.16. The fraction of sp³-hybridized carbons (Fsp3) is 0.552. The van der Waals surface area contributed by atoms with Crippen LogP contribution in [0.15, 0.2) is 42.5 Å². The lowest BCUT2D eigenvalue weighted by molar-refractivity contribution is -0.141. The number of carbonyl (C=O) groups is 3. The van der Waals surface area contributed by atoms with E-state index in [1.54, 1.807) is 14.0 Å². The van der Waals surface area contributed by atoms with Gasteiger partial charge in [0.25, 0.3) is 5.91 Å². The molecule has 2 aliphatic rings. The Morgan fingerprint density at radius 2 is 1.72 bits per heavy atom. The smallest absolute Gasteiger partial charge is 0.254 e. The van der Waals surface area contributed by atoms with Gasteiger partial charge in [-0.1, -0.05) is 57.2 Å². The molecule has 0 aromatic heterocycles. The number of carbonyl (C=O) groups excluding carboxylic acids is 3. The molecule has 1 aliphatic carbocycles. The standard InChI is InChI=1S/C29H40N4O3/c1-18(30-5)26(34)31-25(29(2,3)4)28(36)33-17-16-20-14-15-23(24(20)33)32(6)27(35)22-13-9-11-19-10-7-8-12-21(19)22/h7-13,18,20,23-25,30H,14-17H2,1-6H3,(H,31,34)/t18-,20+,23-,24-,25+/m0/s1. The van der Waals surface area contributed by atoms with Gasteiger partial charge in [-0.05, 0) is 61.4 Å². The molecule has 7 heteroatoms. The van der Waals surface area contributed by atoms with Crippen LogP contribution in [0.2, 0.25) is 0 Å². The fourth-order valence-corrected chi connectivity index (χ4v) is 5.92. The average Bonchev–Trinajstić information content (AvgIpc) is 3.46. The van der Waals surface area contributed by atoms with Crippen LogP contribution in [0.25, 0.3) is 10.8 Å². The van der Waals surface area contributed by atoms with E-state index >= 15 is 0 Å². The maximum Gasteiger partial charge on any atom is 0.254 e. The van der Waals surface area contributed by atoms with Gasteiger partial charge in [-0.25, -0.2) is 0 Å². The van der Waals surface area contributed by atoms with Crippen LogP contribution in [0, 0.1) is 11.3 Å². The van der Waals surface area contributed by atoms with Crippen LogP contribution in [0.4, 0.5) is 0 Å². The molecule has 7 nitrogen and oxygen atoms in total. The molecule has 0 bridgehead atoms. The lowest BCUT2D eigenvalue weighted by Crippen LogP contribution is -2.60. The summed E-state index contributed by atoms with van der Waals surface area (Å²) in [5.41, 5.74) is 0.243. The second-order valence-electron chi connectivity index (χ2n) is 11.5. The Balaban J connectivity index is 1.58. The van der Waals surface area contributed by atoms with Crippen molar-refractivity contribution in [1.82, 2.24) is 20.4 Å². The van der Waals surface area contributed by atoms with Crippen LogP contribution in [0.3, 0.4) is 0 Å². The Labute approximate surface area is 214 Å². The number of nitrogens with zero attached hydrogens (tertiary/aromatic N) is 2. The van der Waals surface area contributed by atoms with E-state index in [4.69, 9.17) is 0 Å². The van der Waals surface area contributed by atoms with E-state index in [1.807, 2.05) is 80.1 Å². The predicted octanol–water partition coefficient (Wildman–Crippen LogP) is 3.43. The molecule has 0 unspecified atom stereocenters. The molecular formula is C29H40N4O3. The highest BCUT2D eigenvalue weighted by Crippen LogP contribution is 2.41. The van der Waals surface area contributed by atoms with E-state index in [-0.39, 0.29) is 29.8 Å². The summed E-state index contributed by atoms with van der Waals surface area (Å²) in [6.07, 6.45) is 2.80. The Hall–Kier alpha value is -2.93. The normalized spacial score (nSPS) is 23.3. The van der Waals surface area contributed by atoms with E-state index in [2.05, 4.69) is 10.6 Å². The first kappa shape index (κ1) is 26.1. The zero-order valence-electron chi connectivity index (χ0n) is 22.4. The largest absolute Gasteiger partial charge is 0.342 e. The van der Waals surface area contributed by atoms with Crippen LogP contribution >= 0.6 is 0 Å². The van der Waals surface area contributed by atoms with Crippen molar-refractivity contribution in [3.63, 3.8) is 0 Å². The molecule has 0 spiro atoms. The van der Waals surface area contributed by atoms with Gasteiger partial charge in [-0.3, -0.25) is 14.4 Å². The first-order chi connectivity index (χ1) is 17.0. The van der Waals surface area contributed by atoms with Crippen molar-refractivity contribution in [2.24, 2.45) is 11.3 Å². The van der Waals surface area contributed by atoms with Gasteiger partial charge >= 0.3 is 0 Å². The van der Waals surface area contributed by atoms with Gasteiger partial charge in [-0.2, -0.15) is 0 Å². The van der Waals surface area contributed by atoms with Crippen LogP contribution in [0.5, 0.6) is 0 Å². The monoisotopic (exact) mass is 492 g/mol. The number of benzene rings is 2. The van der Waals surface area contributed by atoms with Crippen LogP contribution in [-0.2, 0) is 9.59 Å². The summed E-state index contributed by atoms with van der Waals surface area (Å²) in [5, 5.41) is 7.94. The maximum absolute atomic E-state index is 14.0. The molecule has 194 valence electrons. The Morgan fingerprint density at radius 3 is 2.42 bits per heavy atom. The highest BCUT2D eigenvalue weighted by atomic mass is 16.2. The molecule has 4 rings (SSSR count). The van der Waals surface area contributed by atoms with Crippen molar-refractivity contribution in [2.45, 2.75) is 71.1 Å². The molecule has 1 heterocycles. The van der Waals surface area contributed by atoms with E-state index in [9.17, 15) is 14.4 Å². The Kier molecular flexibility index (Phi) is 7.41. The van der Waals surface area contributed by atoms with Gasteiger partial charge in [0.2, 0.25) is 11.8 Å². The summed E-state index contributed by atoms with van der Waals surface area (Å²) in [6, 6.07) is 12.7. The van der Waals surface area contributed by atoms with Crippen molar-refractivity contribution in [3.05, 3.63) is 48.0 Å². The number of likely N-dealkylation sites (tertiary alicyclic amines) is 1. The number of likely N-dealkylation sites (N-methyl/N-ethyl adjacent to an activating group) is 2. The van der Waals surface area contributed by atoms with E-state index < -0.39 is 17.5 Å². The molecule has 3 amide bonds. The topological polar surface area (TPSA) is 81.8 Å². The lowest BCUT2D eigenvalue weighted by atomic mass is 9.85. The summed E-state index contributed by atoms with van der Waals surface area (Å²) in [6.45, 7) is 8.39. The van der Waals surface area contributed by atoms with E-state index in [0.717, 1.165) is 30.0 Å². The van der Waals surface area contributed by atoms with E-state index in [1.165, 1.54) is 0 Å². The summed E-state index contributed by atoms with van der Waals surface area (Å²) in [7, 11) is 3.60. The van der Waals surface area contributed by atoms with Crippen molar-refractivity contribution in [2.75, 3.05) is 20.6 Å². The van der Waals surface area contributed by atoms with Gasteiger partial charge < -0.3 is 20.4 Å². The molecule has 2 aromatic rings. The van der Waals surface area contributed by atoms with Gasteiger partial charge in [0, 0.05) is 19.2 Å². The zero-order chi connectivity index (χ0) is 26.2. The minimum Gasteiger partial charge on any atom is -0.342 e. The summed E-state index contributed by atoms with van der Waals surface area (Å²) < 4.78 is 0. The number of hydrogen-bond acceptors (Lipinski definition) is 4. The summed E-state index contributed by atoms with van der Waals surface area (Å²) >= 11 is 0. The minimum absolute atomic E-state index is 0.0136. The molecule has 36 heavy (non-hydrogen) atoms. The van der Waals surface area contributed by atoms with Crippen LogP contribution in [0.1, 0.15) is 57.3 Å². The first-order valence-corrected chi connectivity index (χ1v) is 13.1. The molecular weight excluding hydrogens is 452 g/mol. The fourth-order valence-electron chi connectivity index (χ4n) is 5.92. The third kappa shape index (κ3) is 4.85. The quantitative estimate of drug-likeness (QED) is 0.647. The second kappa shape index (κ2) is 10.2. The van der Waals surface area contributed by atoms with Crippen molar-refractivity contribution in [1.29, 1.82) is 0 Å². The Morgan fingerprint density at radius 1 is 1.03 bits per heavy atom. The van der Waals surface area contributed by atoms with E-state index in [0.29, 0.717) is 18.0 Å². The maximum atomic E-state index is 14.0. The van der Waals surface area contributed by atoms with Crippen molar-refractivity contribution >= 4 is 28.5 Å². The lowest BCUT2D eigenvalue weighted by Gasteiger charge is -2.39. The molecule has 0 radical (unpaired) electrons. The summed E-state index contributed by atoms with van der Waals surface area (Å²) in [5.74, 6) is 0.117. The molecule has 2 fully saturated rings. The number of rotatable bonds is 6. The zero-order valence-corrected chi connectivity index (χ0v) is 22.4. The molecule has 2 aromatic carbocycles. The SMILES string of the molecule is CN[C@@H](C)C(=O)N[C@H](C(=O)N1CC[C@H]2CC[C@H](N(C)C(=O)c3cccc4ccccc34)[C@H]21)C(C)(C)C. The van der Waals surface area contributed by atoms with Crippen LogP contribution < -0.4 is 10.6 Å². The number of amides is 3. The van der Waals surface area contributed by atoms with Gasteiger partial charge in [-0.15, -0.1) is 0 Å². The minimum atomic E-state index is -0.639. The molecule has 5 atom stereocenters. The average molecular weight is 493 g/mol. The molecule has 1 saturated heterocycles. The molecule has 1 saturated carbocycles. The highest BCUT2D eigenvalue weighted by Gasteiger charge is 2.50. The predicted molar refractivity (Wildman–Crippen MR) is 143 cm³/mol. The Bertz CT molecular complexity index is 1140. The number of fused-ring (bicyclic) bond motifs is 2. The van der Waals surface area contributed by atoms with Crippen molar-refractivity contribution < 1.29 is 14.4 Å². The molecule has 1 aliphatic heterocycles. The van der Waals surface area contributed by atoms with Gasteiger partial charge in [0.15, 0.2) is 0 Å². The number of hydrogen-bond donors (Lipinski definition) is 2. The first-order valence-electron chi connectivity index (χ1n) is 13.1. The third-order valence-electron chi connectivity index (χ3n) is 8.16.